The van der Waals surface area contributed by atoms with Gasteiger partial charge in [-0.2, -0.15) is 0 Å². The second-order valence-corrected chi connectivity index (χ2v) is 4.63. The summed E-state index contributed by atoms with van der Waals surface area (Å²) in [4.78, 5) is 7.89. The number of methoxy groups -OCH3 is 1. The fourth-order valence-electron chi connectivity index (χ4n) is 2.55. The van der Waals surface area contributed by atoms with E-state index in [0.29, 0.717) is 0 Å². The SMILES string of the molecule is COc1ccc2c(c1)[nH]c1c(-c3ccoc3)nccc12. The number of nitrogens with zero attached hydrogens (tertiary/aromatic N) is 1. The first-order valence-corrected chi connectivity index (χ1v) is 6.34. The van der Waals surface area contributed by atoms with E-state index in [2.05, 4.69) is 16.0 Å². The Morgan fingerprint density at radius 2 is 2.10 bits per heavy atom. The fraction of sp³-hybridized carbons (Fsp3) is 0.0625. The maximum atomic E-state index is 5.27. The molecule has 0 spiro atoms. The molecule has 4 aromatic rings. The molecule has 0 fully saturated rings. The summed E-state index contributed by atoms with van der Waals surface area (Å²) in [6.45, 7) is 0. The highest BCUT2D eigenvalue weighted by molar-refractivity contribution is 6.11. The minimum atomic E-state index is 0.835. The summed E-state index contributed by atoms with van der Waals surface area (Å²) >= 11 is 0. The third kappa shape index (κ3) is 1.51. The largest absolute Gasteiger partial charge is 0.497 e. The van der Waals surface area contributed by atoms with Crippen molar-refractivity contribution in [1.29, 1.82) is 0 Å². The van der Waals surface area contributed by atoms with Crippen LogP contribution in [0.1, 0.15) is 0 Å². The molecule has 0 atom stereocenters. The summed E-state index contributed by atoms with van der Waals surface area (Å²) in [5.41, 5.74) is 3.91. The van der Waals surface area contributed by atoms with Crippen LogP contribution in [0.25, 0.3) is 33.1 Å². The van der Waals surface area contributed by atoms with Gasteiger partial charge in [0.2, 0.25) is 0 Å². The first kappa shape index (κ1) is 11.1. The van der Waals surface area contributed by atoms with Crippen LogP contribution in [0.2, 0.25) is 0 Å². The lowest BCUT2D eigenvalue weighted by molar-refractivity contribution is 0.415. The Hall–Kier alpha value is -2.75. The van der Waals surface area contributed by atoms with E-state index in [0.717, 1.165) is 38.8 Å². The van der Waals surface area contributed by atoms with Crippen LogP contribution < -0.4 is 4.74 Å². The average molecular weight is 264 g/mol. The lowest BCUT2D eigenvalue weighted by atomic mass is 10.1. The Labute approximate surface area is 115 Å². The first-order chi connectivity index (χ1) is 9.86. The molecule has 4 heteroatoms. The van der Waals surface area contributed by atoms with Crippen LogP contribution >= 0.6 is 0 Å². The van der Waals surface area contributed by atoms with Crippen molar-refractivity contribution in [1.82, 2.24) is 9.97 Å². The van der Waals surface area contributed by atoms with E-state index in [1.54, 1.807) is 19.6 Å². The summed E-state index contributed by atoms with van der Waals surface area (Å²) in [6.07, 6.45) is 5.18. The number of benzene rings is 1. The second kappa shape index (κ2) is 4.13. The van der Waals surface area contributed by atoms with Gasteiger partial charge >= 0.3 is 0 Å². The van der Waals surface area contributed by atoms with Crippen molar-refractivity contribution in [3.8, 4) is 17.0 Å². The number of nitrogens with one attached hydrogen (secondary N) is 1. The van der Waals surface area contributed by atoms with Crippen LogP contribution in [-0.2, 0) is 0 Å². The number of aromatic nitrogens is 2. The van der Waals surface area contributed by atoms with Crippen LogP contribution in [-0.4, -0.2) is 17.1 Å². The predicted octanol–water partition coefficient (Wildman–Crippen LogP) is 3.98. The number of fused-ring (bicyclic) bond motifs is 3. The summed E-state index contributed by atoms with van der Waals surface area (Å²) in [7, 11) is 1.67. The van der Waals surface area contributed by atoms with Gasteiger partial charge in [0.05, 0.1) is 36.4 Å². The molecular weight excluding hydrogens is 252 g/mol. The molecule has 0 amide bonds. The molecule has 0 saturated carbocycles. The van der Waals surface area contributed by atoms with Gasteiger partial charge in [0.25, 0.3) is 0 Å². The Kier molecular flexibility index (Phi) is 2.29. The number of aromatic amines is 1. The van der Waals surface area contributed by atoms with Crippen molar-refractivity contribution in [3.63, 3.8) is 0 Å². The van der Waals surface area contributed by atoms with Crippen molar-refractivity contribution in [3.05, 3.63) is 49.1 Å². The molecule has 3 aromatic heterocycles. The van der Waals surface area contributed by atoms with Crippen molar-refractivity contribution in [2.24, 2.45) is 0 Å². The zero-order valence-corrected chi connectivity index (χ0v) is 10.9. The molecule has 4 nitrogen and oxygen atoms in total. The Balaban J connectivity index is 2.08. The van der Waals surface area contributed by atoms with Crippen LogP contribution in [0.15, 0.2) is 53.5 Å². The van der Waals surface area contributed by atoms with Gasteiger partial charge in [-0.3, -0.25) is 4.98 Å². The van der Waals surface area contributed by atoms with E-state index in [4.69, 9.17) is 9.15 Å². The third-order valence-corrected chi connectivity index (χ3v) is 3.52. The average Bonchev–Trinajstić information content (AvgIpc) is 3.13. The molecule has 0 aliphatic rings. The number of ether oxygens (including phenoxy) is 1. The molecule has 20 heavy (non-hydrogen) atoms. The van der Waals surface area contributed by atoms with Gasteiger partial charge in [0, 0.05) is 28.6 Å². The van der Waals surface area contributed by atoms with E-state index in [9.17, 15) is 0 Å². The number of hydrogen-bond donors (Lipinski definition) is 1. The van der Waals surface area contributed by atoms with E-state index in [-0.39, 0.29) is 0 Å². The van der Waals surface area contributed by atoms with Crippen molar-refractivity contribution < 1.29 is 9.15 Å². The molecule has 0 bridgehead atoms. The maximum absolute atomic E-state index is 5.27. The molecule has 0 radical (unpaired) electrons. The van der Waals surface area contributed by atoms with E-state index in [1.165, 1.54) is 0 Å². The van der Waals surface area contributed by atoms with Gasteiger partial charge in [-0.05, 0) is 24.3 Å². The fourth-order valence-corrected chi connectivity index (χ4v) is 2.55. The van der Waals surface area contributed by atoms with E-state index in [1.807, 2.05) is 30.5 Å². The van der Waals surface area contributed by atoms with Gasteiger partial charge in [0.1, 0.15) is 5.75 Å². The minimum absolute atomic E-state index is 0.835. The zero-order chi connectivity index (χ0) is 13.5. The van der Waals surface area contributed by atoms with Crippen LogP contribution in [0.5, 0.6) is 5.75 Å². The maximum Gasteiger partial charge on any atom is 0.120 e. The zero-order valence-electron chi connectivity index (χ0n) is 10.9. The molecule has 0 aliphatic heterocycles. The Morgan fingerprint density at radius 1 is 1.15 bits per heavy atom. The molecule has 0 saturated heterocycles. The molecular formula is C16H12N2O2. The molecule has 0 aliphatic carbocycles. The van der Waals surface area contributed by atoms with Gasteiger partial charge in [-0.25, -0.2) is 0 Å². The van der Waals surface area contributed by atoms with Crippen molar-refractivity contribution in [2.45, 2.75) is 0 Å². The van der Waals surface area contributed by atoms with Crippen molar-refractivity contribution >= 4 is 21.8 Å². The summed E-state index contributed by atoms with van der Waals surface area (Å²) in [5.74, 6) is 0.835. The Bertz CT molecular complexity index is 892. The molecule has 98 valence electrons. The molecule has 1 aromatic carbocycles. The standard InChI is InChI=1S/C16H12N2O2/c1-19-11-2-3-12-13-4-6-17-15(10-5-7-20-9-10)16(13)18-14(12)8-11/h2-9,18H,1H3. The first-order valence-electron chi connectivity index (χ1n) is 6.34. The van der Waals surface area contributed by atoms with Crippen molar-refractivity contribution in [2.75, 3.05) is 7.11 Å². The Morgan fingerprint density at radius 3 is 2.90 bits per heavy atom. The summed E-state index contributed by atoms with van der Waals surface area (Å²) < 4.78 is 10.4. The quantitative estimate of drug-likeness (QED) is 0.595. The number of rotatable bonds is 2. The van der Waals surface area contributed by atoms with Gasteiger partial charge in [-0.15, -0.1) is 0 Å². The lowest BCUT2D eigenvalue weighted by Gasteiger charge is -1.98. The topological polar surface area (TPSA) is 51.0 Å². The highest BCUT2D eigenvalue weighted by atomic mass is 16.5. The summed E-state index contributed by atoms with van der Waals surface area (Å²) in [6, 6.07) is 9.95. The smallest absolute Gasteiger partial charge is 0.120 e. The number of pyridine rings is 1. The lowest BCUT2D eigenvalue weighted by Crippen LogP contribution is -1.82. The monoisotopic (exact) mass is 264 g/mol. The molecule has 0 unspecified atom stereocenters. The molecule has 3 heterocycles. The second-order valence-electron chi connectivity index (χ2n) is 4.63. The third-order valence-electron chi connectivity index (χ3n) is 3.52. The number of H-pyrrole nitrogens is 1. The van der Waals surface area contributed by atoms with Crippen LogP contribution in [0, 0.1) is 0 Å². The highest BCUT2D eigenvalue weighted by Gasteiger charge is 2.11. The van der Waals surface area contributed by atoms with E-state index >= 15 is 0 Å². The number of hydrogen-bond acceptors (Lipinski definition) is 3. The van der Waals surface area contributed by atoms with E-state index < -0.39 is 0 Å². The normalized spacial score (nSPS) is 11.2. The minimum Gasteiger partial charge on any atom is -0.497 e. The summed E-state index contributed by atoms with van der Waals surface area (Å²) in [5, 5.41) is 2.31. The van der Waals surface area contributed by atoms with Crippen LogP contribution in [0.4, 0.5) is 0 Å². The highest BCUT2D eigenvalue weighted by Crippen LogP contribution is 2.33. The van der Waals surface area contributed by atoms with Crippen LogP contribution in [0.3, 0.4) is 0 Å². The van der Waals surface area contributed by atoms with Gasteiger partial charge < -0.3 is 14.1 Å². The predicted molar refractivity (Wildman–Crippen MR) is 77.9 cm³/mol. The number of furan rings is 1. The molecule has 4 rings (SSSR count). The van der Waals surface area contributed by atoms with Gasteiger partial charge in [0.15, 0.2) is 0 Å². The van der Waals surface area contributed by atoms with Gasteiger partial charge in [-0.1, -0.05) is 0 Å². The molecule has 1 N–H and O–H groups in total.